The van der Waals surface area contributed by atoms with Crippen LogP contribution in [0.2, 0.25) is 0 Å². The lowest BCUT2D eigenvalue weighted by Crippen LogP contribution is -2.27. The standard InChI is InChI=1S/C18H23NO2/c1-13-8-9-17(21-13)14(2)19-12-16-10-11-20-18(16)15-6-4-3-5-7-15/h3-9,14,16,18-19H,10-12H2,1-2H3/t14-,16-,18-/m0/s1. The van der Waals surface area contributed by atoms with Gasteiger partial charge in [0, 0.05) is 19.1 Å². The Kier molecular flexibility index (Phi) is 4.42. The third-order valence-electron chi connectivity index (χ3n) is 4.22. The third-order valence-corrected chi connectivity index (χ3v) is 4.22. The van der Waals surface area contributed by atoms with Crippen molar-refractivity contribution in [1.29, 1.82) is 0 Å². The predicted octanol–water partition coefficient (Wildman–Crippen LogP) is 4.02. The van der Waals surface area contributed by atoms with Crippen LogP contribution in [0.4, 0.5) is 0 Å². The van der Waals surface area contributed by atoms with E-state index >= 15 is 0 Å². The zero-order valence-electron chi connectivity index (χ0n) is 12.7. The van der Waals surface area contributed by atoms with E-state index in [1.807, 2.05) is 25.1 Å². The molecule has 1 aromatic carbocycles. The van der Waals surface area contributed by atoms with E-state index in [9.17, 15) is 0 Å². The number of ether oxygens (including phenoxy) is 1. The van der Waals surface area contributed by atoms with Gasteiger partial charge in [-0.05, 0) is 38.0 Å². The molecule has 112 valence electrons. The zero-order valence-corrected chi connectivity index (χ0v) is 12.7. The van der Waals surface area contributed by atoms with Crippen molar-refractivity contribution < 1.29 is 9.15 Å². The van der Waals surface area contributed by atoms with Crippen LogP contribution >= 0.6 is 0 Å². The summed E-state index contributed by atoms with van der Waals surface area (Å²) in [5.41, 5.74) is 1.28. The molecular formula is C18H23NO2. The fraction of sp³-hybridized carbons (Fsp3) is 0.444. The Morgan fingerprint density at radius 1 is 1.19 bits per heavy atom. The minimum absolute atomic E-state index is 0.212. The molecule has 1 saturated heterocycles. The lowest BCUT2D eigenvalue weighted by atomic mass is 9.95. The van der Waals surface area contributed by atoms with E-state index in [1.165, 1.54) is 5.56 Å². The highest BCUT2D eigenvalue weighted by Crippen LogP contribution is 2.34. The first-order chi connectivity index (χ1) is 10.2. The summed E-state index contributed by atoms with van der Waals surface area (Å²) in [7, 11) is 0. The van der Waals surface area contributed by atoms with Crippen LogP contribution in [0.3, 0.4) is 0 Å². The Labute approximate surface area is 126 Å². The molecule has 0 aliphatic carbocycles. The van der Waals surface area contributed by atoms with Gasteiger partial charge in [0.25, 0.3) is 0 Å². The van der Waals surface area contributed by atoms with Gasteiger partial charge in [-0.1, -0.05) is 30.3 Å². The molecule has 0 bridgehead atoms. The number of benzene rings is 1. The van der Waals surface area contributed by atoms with Crippen molar-refractivity contribution in [1.82, 2.24) is 5.32 Å². The molecule has 2 aromatic rings. The van der Waals surface area contributed by atoms with E-state index in [-0.39, 0.29) is 12.1 Å². The molecule has 0 radical (unpaired) electrons. The molecule has 0 saturated carbocycles. The highest BCUT2D eigenvalue weighted by molar-refractivity contribution is 5.19. The van der Waals surface area contributed by atoms with E-state index in [0.29, 0.717) is 5.92 Å². The molecule has 0 spiro atoms. The molecule has 1 aliphatic heterocycles. The van der Waals surface area contributed by atoms with Crippen LogP contribution < -0.4 is 5.32 Å². The fourth-order valence-corrected chi connectivity index (χ4v) is 2.97. The highest BCUT2D eigenvalue weighted by Gasteiger charge is 2.29. The summed E-state index contributed by atoms with van der Waals surface area (Å²) in [4.78, 5) is 0. The van der Waals surface area contributed by atoms with Crippen LogP contribution in [-0.4, -0.2) is 13.2 Å². The minimum atomic E-state index is 0.212. The molecule has 3 heteroatoms. The maximum Gasteiger partial charge on any atom is 0.120 e. The van der Waals surface area contributed by atoms with Crippen molar-refractivity contribution in [2.45, 2.75) is 32.4 Å². The van der Waals surface area contributed by atoms with Gasteiger partial charge < -0.3 is 14.5 Å². The molecule has 3 rings (SSSR count). The summed E-state index contributed by atoms with van der Waals surface area (Å²) in [6, 6.07) is 14.8. The van der Waals surface area contributed by atoms with Crippen molar-refractivity contribution in [2.24, 2.45) is 5.92 Å². The number of hydrogen-bond acceptors (Lipinski definition) is 3. The van der Waals surface area contributed by atoms with E-state index in [0.717, 1.165) is 31.1 Å². The number of rotatable bonds is 5. The van der Waals surface area contributed by atoms with Gasteiger partial charge in [0.1, 0.15) is 11.5 Å². The van der Waals surface area contributed by atoms with Crippen molar-refractivity contribution >= 4 is 0 Å². The number of hydrogen-bond donors (Lipinski definition) is 1. The van der Waals surface area contributed by atoms with Gasteiger partial charge in [0.05, 0.1) is 12.1 Å². The molecular weight excluding hydrogens is 262 g/mol. The van der Waals surface area contributed by atoms with Gasteiger partial charge in [-0.3, -0.25) is 0 Å². The molecule has 0 amide bonds. The SMILES string of the molecule is Cc1ccc([C@H](C)NC[C@@H]2CCO[C@H]2c2ccccc2)o1. The van der Waals surface area contributed by atoms with Crippen LogP contribution in [0.1, 0.15) is 42.6 Å². The first kappa shape index (κ1) is 14.4. The maximum atomic E-state index is 5.93. The van der Waals surface area contributed by atoms with Crippen LogP contribution in [0.15, 0.2) is 46.9 Å². The monoisotopic (exact) mass is 285 g/mol. The fourth-order valence-electron chi connectivity index (χ4n) is 2.97. The molecule has 2 heterocycles. The number of nitrogens with one attached hydrogen (secondary N) is 1. The summed E-state index contributed by atoms with van der Waals surface area (Å²) < 4.78 is 11.6. The molecule has 1 N–H and O–H groups in total. The lowest BCUT2D eigenvalue weighted by Gasteiger charge is -2.21. The second-order valence-corrected chi connectivity index (χ2v) is 5.83. The average molecular weight is 285 g/mol. The maximum absolute atomic E-state index is 5.93. The van der Waals surface area contributed by atoms with Gasteiger partial charge in [-0.25, -0.2) is 0 Å². The third kappa shape index (κ3) is 3.36. The normalized spacial score (nSPS) is 23.3. The molecule has 1 aromatic heterocycles. The van der Waals surface area contributed by atoms with Crippen LogP contribution in [0.25, 0.3) is 0 Å². The Morgan fingerprint density at radius 2 is 2.00 bits per heavy atom. The largest absolute Gasteiger partial charge is 0.465 e. The minimum Gasteiger partial charge on any atom is -0.465 e. The quantitative estimate of drug-likeness (QED) is 0.901. The van der Waals surface area contributed by atoms with Crippen molar-refractivity contribution in [3.63, 3.8) is 0 Å². The Morgan fingerprint density at radius 3 is 2.71 bits per heavy atom. The van der Waals surface area contributed by atoms with E-state index < -0.39 is 0 Å². The van der Waals surface area contributed by atoms with Crippen molar-refractivity contribution in [2.75, 3.05) is 13.2 Å². The second-order valence-electron chi connectivity index (χ2n) is 5.83. The second kappa shape index (κ2) is 6.46. The van der Waals surface area contributed by atoms with Crippen LogP contribution in [0, 0.1) is 12.8 Å². The smallest absolute Gasteiger partial charge is 0.120 e. The Bertz CT molecular complexity index is 564. The molecule has 1 aliphatic rings. The Balaban J connectivity index is 1.59. The van der Waals surface area contributed by atoms with Gasteiger partial charge >= 0.3 is 0 Å². The van der Waals surface area contributed by atoms with Crippen molar-refractivity contribution in [3.05, 3.63) is 59.5 Å². The van der Waals surface area contributed by atoms with Crippen LogP contribution in [-0.2, 0) is 4.74 Å². The van der Waals surface area contributed by atoms with E-state index in [1.54, 1.807) is 0 Å². The lowest BCUT2D eigenvalue weighted by molar-refractivity contribution is 0.0897. The van der Waals surface area contributed by atoms with Gasteiger partial charge in [-0.2, -0.15) is 0 Å². The Hall–Kier alpha value is -1.58. The summed E-state index contributed by atoms with van der Waals surface area (Å²) in [6.45, 7) is 5.92. The van der Waals surface area contributed by atoms with Gasteiger partial charge in [-0.15, -0.1) is 0 Å². The molecule has 3 atom stereocenters. The zero-order chi connectivity index (χ0) is 14.7. The first-order valence-electron chi connectivity index (χ1n) is 7.70. The van der Waals surface area contributed by atoms with Gasteiger partial charge in [0.2, 0.25) is 0 Å². The molecule has 0 unspecified atom stereocenters. The summed E-state index contributed by atoms with van der Waals surface area (Å²) in [5, 5.41) is 3.58. The van der Waals surface area contributed by atoms with Crippen LogP contribution in [0.5, 0.6) is 0 Å². The molecule has 3 nitrogen and oxygen atoms in total. The summed E-state index contributed by atoms with van der Waals surface area (Å²) in [6.07, 6.45) is 1.32. The molecule has 21 heavy (non-hydrogen) atoms. The summed E-state index contributed by atoms with van der Waals surface area (Å²) in [5.74, 6) is 2.48. The highest BCUT2D eigenvalue weighted by atomic mass is 16.5. The van der Waals surface area contributed by atoms with E-state index in [4.69, 9.17) is 9.15 Å². The van der Waals surface area contributed by atoms with E-state index in [2.05, 4.69) is 36.5 Å². The number of aryl methyl sites for hydroxylation is 1. The summed E-state index contributed by atoms with van der Waals surface area (Å²) >= 11 is 0. The first-order valence-corrected chi connectivity index (χ1v) is 7.70. The molecule has 1 fully saturated rings. The predicted molar refractivity (Wildman–Crippen MR) is 83.1 cm³/mol. The average Bonchev–Trinajstić information content (AvgIpc) is 3.14. The topological polar surface area (TPSA) is 34.4 Å². The van der Waals surface area contributed by atoms with Gasteiger partial charge in [0.15, 0.2) is 0 Å². The van der Waals surface area contributed by atoms with Crippen molar-refractivity contribution in [3.8, 4) is 0 Å². The number of furan rings is 1.